The van der Waals surface area contributed by atoms with Gasteiger partial charge in [0.2, 0.25) is 5.91 Å². The third-order valence-corrected chi connectivity index (χ3v) is 5.92. The molecule has 1 unspecified atom stereocenters. The molecule has 2 N–H and O–H groups in total. The lowest BCUT2D eigenvalue weighted by Crippen LogP contribution is -2.32. The zero-order valence-corrected chi connectivity index (χ0v) is 15.4. The van der Waals surface area contributed by atoms with Crippen LogP contribution in [0.1, 0.15) is 41.8 Å². The second-order valence-electron chi connectivity index (χ2n) is 7.52. The molecule has 5 rings (SSSR count). The number of amides is 1. The molecule has 6 nitrogen and oxygen atoms in total. The van der Waals surface area contributed by atoms with E-state index in [2.05, 4.69) is 43.7 Å². The molecule has 0 aliphatic heterocycles. The first-order valence-corrected chi connectivity index (χ1v) is 9.66. The molecule has 0 saturated heterocycles. The molecular formula is C22H21N5O. The van der Waals surface area contributed by atoms with Crippen LogP contribution in [0.5, 0.6) is 0 Å². The molecule has 2 aliphatic carbocycles. The summed E-state index contributed by atoms with van der Waals surface area (Å²) in [6, 6.07) is 12.3. The first kappa shape index (κ1) is 16.9. The summed E-state index contributed by atoms with van der Waals surface area (Å²) in [5.74, 6) is 0.821. The number of rotatable bonds is 4. The monoisotopic (exact) mass is 371 g/mol. The van der Waals surface area contributed by atoms with Crippen LogP contribution >= 0.6 is 0 Å². The number of hydrogen-bond donors (Lipinski definition) is 2. The average Bonchev–Trinajstić information content (AvgIpc) is 3.09. The van der Waals surface area contributed by atoms with Crippen molar-refractivity contribution in [1.82, 2.24) is 20.2 Å². The Kier molecular flexibility index (Phi) is 4.04. The SMILES string of the molecule is O=C(Nc1n[nH]c2c1C=CC(c1ccccc1)(c1ccncn1)C2)C1CCC1. The van der Waals surface area contributed by atoms with E-state index in [-0.39, 0.29) is 11.8 Å². The number of carbonyl (C=O) groups is 1. The van der Waals surface area contributed by atoms with Gasteiger partial charge in [-0.05, 0) is 24.5 Å². The van der Waals surface area contributed by atoms with E-state index >= 15 is 0 Å². The van der Waals surface area contributed by atoms with Crippen molar-refractivity contribution in [3.63, 3.8) is 0 Å². The van der Waals surface area contributed by atoms with E-state index in [0.717, 1.165) is 41.8 Å². The number of carbonyl (C=O) groups excluding carboxylic acids is 1. The van der Waals surface area contributed by atoms with E-state index in [4.69, 9.17) is 0 Å². The van der Waals surface area contributed by atoms with Crippen molar-refractivity contribution in [3.8, 4) is 0 Å². The molecule has 0 spiro atoms. The van der Waals surface area contributed by atoms with Gasteiger partial charge < -0.3 is 5.32 Å². The number of benzene rings is 1. The van der Waals surface area contributed by atoms with Gasteiger partial charge in [0.1, 0.15) is 6.33 Å². The van der Waals surface area contributed by atoms with E-state index in [1.54, 1.807) is 12.5 Å². The lowest BCUT2D eigenvalue weighted by molar-refractivity contribution is -0.122. The predicted octanol–water partition coefficient (Wildman–Crippen LogP) is 3.49. The highest BCUT2D eigenvalue weighted by atomic mass is 16.2. The zero-order chi connectivity index (χ0) is 19.0. The van der Waals surface area contributed by atoms with Crippen molar-refractivity contribution >= 4 is 17.8 Å². The van der Waals surface area contributed by atoms with E-state index < -0.39 is 5.41 Å². The maximum absolute atomic E-state index is 12.3. The number of fused-ring (bicyclic) bond motifs is 1. The number of aromatic amines is 1. The number of allylic oxidation sites excluding steroid dienone is 1. The van der Waals surface area contributed by atoms with E-state index in [0.29, 0.717) is 12.2 Å². The molecule has 2 aromatic heterocycles. The minimum absolute atomic E-state index is 0.0737. The van der Waals surface area contributed by atoms with Gasteiger partial charge in [0.05, 0.1) is 11.1 Å². The Labute approximate surface area is 163 Å². The Morgan fingerprint density at radius 2 is 2.04 bits per heavy atom. The lowest BCUT2D eigenvalue weighted by atomic mass is 9.70. The van der Waals surface area contributed by atoms with Crippen molar-refractivity contribution in [2.45, 2.75) is 31.1 Å². The number of nitrogens with zero attached hydrogens (tertiary/aromatic N) is 3. The van der Waals surface area contributed by atoms with Gasteiger partial charge in [-0.25, -0.2) is 9.97 Å². The minimum atomic E-state index is -0.404. The van der Waals surface area contributed by atoms with Crippen LogP contribution in [0.3, 0.4) is 0 Å². The van der Waals surface area contributed by atoms with Crippen molar-refractivity contribution in [1.29, 1.82) is 0 Å². The first-order valence-electron chi connectivity index (χ1n) is 9.66. The van der Waals surface area contributed by atoms with Crippen LogP contribution in [0.15, 0.2) is 55.0 Å². The van der Waals surface area contributed by atoms with E-state index in [1.807, 2.05) is 30.3 Å². The van der Waals surface area contributed by atoms with Crippen molar-refractivity contribution in [3.05, 3.63) is 77.5 Å². The summed E-state index contributed by atoms with van der Waals surface area (Å²) < 4.78 is 0. The molecule has 6 heteroatoms. The number of anilines is 1. The normalized spacial score (nSPS) is 21.0. The molecular weight excluding hydrogens is 350 g/mol. The highest BCUT2D eigenvalue weighted by molar-refractivity contribution is 5.94. The summed E-state index contributed by atoms with van der Waals surface area (Å²) in [4.78, 5) is 21.0. The van der Waals surface area contributed by atoms with Crippen molar-refractivity contribution in [2.75, 3.05) is 5.32 Å². The summed E-state index contributed by atoms with van der Waals surface area (Å²) in [5.41, 5.74) is 3.64. The summed E-state index contributed by atoms with van der Waals surface area (Å²) in [6.45, 7) is 0. The predicted molar refractivity (Wildman–Crippen MR) is 107 cm³/mol. The minimum Gasteiger partial charge on any atom is -0.308 e. The Bertz CT molecular complexity index is 982. The molecule has 0 radical (unpaired) electrons. The highest BCUT2D eigenvalue weighted by Crippen LogP contribution is 2.41. The Balaban J connectivity index is 1.52. The fourth-order valence-corrected chi connectivity index (χ4v) is 4.06. The molecule has 28 heavy (non-hydrogen) atoms. The highest BCUT2D eigenvalue weighted by Gasteiger charge is 2.38. The van der Waals surface area contributed by atoms with Gasteiger partial charge in [-0.2, -0.15) is 5.10 Å². The Hall–Kier alpha value is -3.28. The van der Waals surface area contributed by atoms with Gasteiger partial charge >= 0.3 is 0 Å². The van der Waals surface area contributed by atoms with Gasteiger partial charge in [-0.1, -0.05) is 48.9 Å². The second kappa shape index (κ2) is 6.71. The molecule has 2 heterocycles. The summed E-state index contributed by atoms with van der Waals surface area (Å²) in [7, 11) is 0. The van der Waals surface area contributed by atoms with Gasteiger partial charge in [0, 0.05) is 29.8 Å². The maximum Gasteiger partial charge on any atom is 0.228 e. The topological polar surface area (TPSA) is 83.6 Å². The largest absolute Gasteiger partial charge is 0.308 e. The fourth-order valence-electron chi connectivity index (χ4n) is 4.06. The van der Waals surface area contributed by atoms with Crippen LogP contribution < -0.4 is 5.32 Å². The summed E-state index contributed by atoms with van der Waals surface area (Å²) >= 11 is 0. The van der Waals surface area contributed by atoms with Crippen LogP contribution in [0, 0.1) is 5.92 Å². The molecule has 0 bridgehead atoms. The quantitative estimate of drug-likeness (QED) is 0.735. The summed E-state index contributed by atoms with van der Waals surface area (Å²) in [6.07, 6.45) is 11.3. The standard InChI is InChI=1S/C22H21N5O/c28-21(15-5-4-6-15)25-20-17-9-11-22(13-18(17)26-27-20,16-7-2-1-3-8-16)19-10-12-23-14-24-19/h1-3,7-12,14-15H,4-6,13H2,(H2,25,26,27,28). The number of H-pyrrole nitrogens is 1. The van der Waals surface area contributed by atoms with Crippen LogP contribution in [-0.2, 0) is 16.6 Å². The third-order valence-electron chi connectivity index (χ3n) is 5.92. The number of nitrogens with one attached hydrogen (secondary N) is 2. The molecule has 1 amide bonds. The average molecular weight is 371 g/mol. The molecule has 3 aromatic rings. The third kappa shape index (κ3) is 2.72. The van der Waals surface area contributed by atoms with Gasteiger partial charge in [-0.3, -0.25) is 9.89 Å². The van der Waals surface area contributed by atoms with Gasteiger partial charge in [0.25, 0.3) is 0 Å². The first-order chi connectivity index (χ1) is 13.8. The van der Waals surface area contributed by atoms with E-state index in [9.17, 15) is 4.79 Å². The Morgan fingerprint density at radius 3 is 2.75 bits per heavy atom. The fraction of sp³-hybridized carbons (Fsp3) is 0.273. The number of aromatic nitrogens is 4. The number of hydrogen-bond acceptors (Lipinski definition) is 4. The second-order valence-corrected chi connectivity index (χ2v) is 7.52. The molecule has 2 aliphatic rings. The van der Waals surface area contributed by atoms with Crippen molar-refractivity contribution < 1.29 is 4.79 Å². The smallest absolute Gasteiger partial charge is 0.228 e. The molecule has 1 aromatic carbocycles. The van der Waals surface area contributed by atoms with Crippen LogP contribution in [0.4, 0.5) is 5.82 Å². The summed E-state index contributed by atoms with van der Waals surface area (Å²) in [5, 5.41) is 10.5. The molecule has 1 fully saturated rings. The maximum atomic E-state index is 12.3. The lowest BCUT2D eigenvalue weighted by Gasteiger charge is -2.33. The molecule has 1 atom stereocenters. The van der Waals surface area contributed by atoms with Crippen LogP contribution in [-0.4, -0.2) is 26.1 Å². The zero-order valence-electron chi connectivity index (χ0n) is 15.4. The van der Waals surface area contributed by atoms with Gasteiger partial charge in [-0.15, -0.1) is 0 Å². The van der Waals surface area contributed by atoms with Crippen LogP contribution in [0.25, 0.3) is 6.08 Å². The Morgan fingerprint density at radius 1 is 1.18 bits per heavy atom. The molecule has 140 valence electrons. The van der Waals surface area contributed by atoms with E-state index in [1.165, 1.54) is 0 Å². The van der Waals surface area contributed by atoms with Crippen molar-refractivity contribution in [2.24, 2.45) is 5.92 Å². The molecule has 1 saturated carbocycles. The van der Waals surface area contributed by atoms with Crippen LogP contribution in [0.2, 0.25) is 0 Å². The van der Waals surface area contributed by atoms with Gasteiger partial charge in [0.15, 0.2) is 5.82 Å².